The van der Waals surface area contributed by atoms with Crippen molar-refractivity contribution in [3.05, 3.63) is 83.2 Å². The number of rotatable bonds is 4. The molecule has 7 heteroatoms. The maximum absolute atomic E-state index is 14.1. The normalized spacial score (nSPS) is 11.7. The summed E-state index contributed by atoms with van der Waals surface area (Å²) in [6, 6.07) is 13.3. The summed E-state index contributed by atoms with van der Waals surface area (Å²) in [5.74, 6) is -1.64. The van der Waals surface area contributed by atoms with E-state index in [1.807, 2.05) is 42.8 Å². The summed E-state index contributed by atoms with van der Waals surface area (Å²) in [5, 5.41) is 10.1. The van der Waals surface area contributed by atoms with Crippen molar-refractivity contribution in [3.63, 3.8) is 0 Å². The van der Waals surface area contributed by atoms with Gasteiger partial charge < -0.3 is 9.67 Å². The number of carbonyl (C=O) groups is 1. The average molecular weight is 410 g/mol. The zero-order valence-corrected chi connectivity index (χ0v) is 16.5. The van der Waals surface area contributed by atoms with Gasteiger partial charge in [0.2, 0.25) is 0 Å². The van der Waals surface area contributed by atoms with Gasteiger partial charge in [-0.2, -0.15) is 0 Å². The fourth-order valence-electron chi connectivity index (χ4n) is 3.39. The van der Waals surface area contributed by atoms with E-state index in [4.69, 9.17) is 11.6 Å². The molecule has 5 nitrogen and oxygen atoms in total. The van der Waals surface area contributed by atoms with Crippen molar-refractivity contribution in [1.29, 1.82) is 0 Å². The lowest BCUT2D eigenvalue weighted by Crippen LogP contribution is -2.28. The number of benzene rings is 1. The Morgan fingerprint density at radius 3 is 2.62 bits per heavy atom. The molecule has 0 aliphatic carbocycles. The van der Waals surface area contributed by atoms with Gasteiger partial charge >= 0.3 is 5.97 Å². The lowest BCUT2D eigenvalue weighted by atomic mass is 9.99. The molecule has 0 aliphatic heterocycles. The Labute approximate surface area is 171 Å². The standard InChI is InChI=1S/C22H17ClFN3O2/c1-22(2,19-5-3-4-10-25-19)27-12-15(13-6-8-16(23)17(24)11-13)14-7-9-18(21(28)29)26-20(14)27/h3-12H,1-2H3,(H,28,29). The number of carboxylic acid groups (broad SMARTS) is 1. The predicted molar refractivity (Wildman–Crippen MR) is 110 cm³/mol. The summed E-state index contributed by atoms with van der Waals surface area (Å²) in [4.78, 5) is 20.3. The highest BCUT2D eigenvalue weighted by atomic mass is 35.5. The third-order valence-electron chi connectivity index (χ3n) is 5.00. The first-order chi connectivity index (χ1) is 13.8. The van der Waals surface area contributed by atoms with E-state index in [9.17, 15) is 14.3 Å². The average Bonchev–Trinajstić information content (AvgIpc) is 3.10. The Hall–Kier alpha value is -3.25. The van der Waals surface area contributed by atoms with Crippen LogP contribution >= 0.6 is 11.6 Å². The minimum Gasteiger partial charge on any atom is -0.477 e. The van der Waals surface area contributed by atoms with E-state index in [0.717, 1.165) is 11.3 Å². The molecule has 0 aliphatic rings. The number of aromatic carboxylic acids is 1. The van der Waals surface area contributed by atoms with Crippen molar-refractivity contribution in [3.8, 4) is 11.1 Å². The quantitative estimate of drug-likeness (QED) is 0.491. The fourth-order valence-corrected chi connectivity index (χ4v) is 3.51. The maximum Gasteiger partial charge on any atom is 0.354 e. The Balaban J connectivity index is 2.02. The van der Waals surface area contributed by atoms with E-state index in [1.165, 1.54) is 18.2 Å². The zero-order chi connectivity index (χ0) is 20.8. The Kier molecular flexibility index (Phi) is 4.59. The molecule has 1 N–H and O–H groups in total. The lowest BCUT2D eigenvalue weighted by molar-refractivity contribution is 0.0690. The minimum absolute atomic E-state index is 0.0394. The first-order valence-electron chi connectivity index (χ1n) is 8.92. The van der Waals surface area contributed by atoms with Gasteiger partial charge in [0.25, 0.3) is 0 Å². The molecular weight excluding hydrogens is 393 g/mol. The van der Waals surface area contributed by atoms with Crippen LogP contribution in [-0.4, -0.2) is 25.6 Å². The number of pyridine rings is 2. The van der Waals surface area contributed by atoms with Crippen LogP contribution in [0, 0.1) is 5.82 Å². The number of hydrogen-bond acceptors (Lipinski definition) is 3. The van der Waals surface area contributed by atoms with E-state index in [-0.39, 0.29) is 10.7 Å². The first-order valence-corrected chi connectivity index (χ1v) is 9.29. The van der Waals surface area contributed by atoms with Crippen LogP contribution in [-0.2, 0) is 5.54 Å². The molecule has 29 heavy (non-hydrogen) atoms. The molecule has 4 rings (SSSR count). The van der Waals surface area contributed by atoms with Gasteiger partial charge in [-0.1, -0.05) is 23.7 Å². The maximum atomic E-state index is 14.1. The number of hydrogen-bond donors (Lipinski definition) is 1. The molecule has 3 heterocycles. The molecule has 0 amide bonds. The third kappa shape index (κ3) is 3.25. The molecule has 3 aromatic heterocycles. The molecule has 0 fully saturated rings. The van der Waals surface area contributed by atoms with Gasteiger partial charge in [0, 0.05) is 23.3 Å². The van der Waals surface area contributed by atoms with Gasteiger partial charge in [-0.25, -0.2) is 14.2 Å². The van der Waals surface area contributed by atoms with E-state index in [0.29, 0.717) is 16.6 Å². The molecule has 146 valence electrons. The second-order valence-corrected chi connectivity index (χ2v) is 7.60. The van der Waals surface area contributed by atoms with Gasteiger partial charge in [0.05, 0.1) is 16.3 Å². The molecule has 0 spiro atoms. The van der Waals surface area contributed by atoms with Crippen LogP contribution in [0.2, 0.25) is 5.02 Å². The summed E-state index contributed by atoms with van der Waals surface area (Å²) in [5.41, 5.74) is 1.91. The van der Waals surface area contributed by atoms with Crippen LogP contribution in [0.15, 0.2) is 60.9 Å². The number of fused-ring (bicyclic) bond motifs is 1. The molecule has 0 bridgehead atoms. The van der Waals surface area contributed by atoms with Gasteiger partial charge in [-0.3, -0.25) is 4.98 Å². The molecular formula is C22H17ClFN3O2. The van der Waals surface area contributed by atoms with E-state index in [1.54, 1.807) is 18.3 Å². The predicted octanol–water partition coefficient (Wildman–Crippen LogP) is 5.37. The zero-order valence-electron chi connectivity index (χ0n) is 15.7. The highest BCUT2D eigenvalue weighted by molar-refractivity contribution is 6.30. The molecule has 1 aromatic carbocycles. The second kappa shape index (κ2) is 6.97. The monoisotopic (exact) mass is 409 g/mol. The van der Waals surface area contributed by atoms with E-state index < -0.39 is 17.3 Å². The summed E-state index contributed by atoms with van der Waals surface area (Å²) < 4.78 is 16.0. The Bertz CT molecular complexity index is 1240. The van der Waals surface area contributed by atoms with Crippen molar-refractivity contribution >= 4 is 28.6 Å². The van der Waals surface area contributed by atoms with Crippen LogP contribution < -0.4 is 0 Å². The topological polar surface area (TPSA) is 68.0 Å². The third-order valence-corrected chi connectivity index (χ3v) is 5.30. The fraction of sp³-hybridized carbons (Fsp3) is 0.136. The Morgan fingerprint density at radius 2 is 1.97 bits per heavy atom. The number of carboxylic acids is 1. The SMILES string of the molecule is CC(C)(c1ccccn1)n1cc(-c2ccc(Cl)c(F)c2)c2ccc(C(=O)O)nc21. The minimum atomic E-state index is -1.12. The summed E-state index contributed by atoms with van der Waals surface area (Å²) in [7, 11) is 0. The van der Waals surface area contributed by atoms with Crippen molar-refractivity contribution in [1.82, 2.24) is 14.5 Å². The number of nitrogens with zero attached hydrogens (tertiary/aromatic N) is 3. The molecule has 4 aromatic rings. The second-order valence-electron chi connectivity index (χ2n) is 7.19. The van der Waals surface area contributed by atoms with Gasteiger partial charge in [0.1, 0.15) is 11.5 Å². The van der Waals surface area contributed by atoms with Crippen LogP contribution in [0.4, 0.5) is 4.39 Å². The van der Waals surface area contributed by atoms with Crippen LogP contribution in [0.1, 0.15) is 30.0 Å². The van der Waals surface area contributed by atoms with Crippen LogP contribution in [0.25, 0.3) is 22.2 Å². The Morgan fingerprint density at radius 1 is 1.17 bits per heavy atom. The molecule has 0 saturated carbocycles. The van der Waals surface area contributed by atoms with Gasteiger partial charge in [-0.05, 0) is 55.8 Å². The first kappa shape index (κ1) is 19.1. The number of halogens is 2. The molecule has 0 atom stereocenters. The summed E-state index contributed by atoms with van der Waals surface area (Å²) >= 11 is 5.83. The van der Waals surface area contributed by atoms with Crippen molar-refractivity contribution in [2.45, 2.75) is 19.4 Å². The van der Waals surface area contributed by atoms with E-state index in [2.05, 4.69) is 9.97 Å². The summed E-state index contributed by atoms with van der Waals surface area (Å²) in [6.45, 7) is 3.94. The van der Waals surface area contributed by atoms with E-state index >= 15 is 0 Å². The summed E-state index contributed by atoms with van der Waals surface area (Å²) in [6.07, 6.45) is 3.55. The van der Waals surface area contributed by atoms with Crippen molar-refractivity contribution < 1.29 is 14.3 Å². The molecule has 0 saturated heterocycles. The highest BCUT2D eigenvalue weighted by Gasteiger charge is 2.28. The van der Waals surface area contributed by atoms with Gasteiger partial charge in [0.15, 0.2) is 5.69 Å². The molecule has 0 unspecified atom stereocenters. The van der Waals surface area contributed by atoms with Crippen molar-refractivity contribution in [2.24, 2.45) is 0 Å². The number of aromatic nitrogens is 3. The largest absolute Gasteiger partial charge is 0.477 e. The van der Waals surface area contributed by atoms with Crippen LogP contribution in [0.5, 0.6) is 0 Å². The lowest BCUT2D eigenvalue weighted by Gasteiger charge is -2.27. The van der Waals surface area contributed by atoms with Crippen molar-refractivity contribution in [2.75, 3.05) is 0 Å². The molecule has 0 radical (unpaired) electrons. The van der Waals surface area contributed by atoms with Crippen LogP contribution in [0.3, 0.4) is 0 Å². The van der Waals surface area contributed by atoms with Gasteiger partial charge in [-0.15, -0.1) is 0 Å². The highest BCUT2D eigenvalue weighted by Crippen LogP contribution is 2.36. The smallest absolute Gasteiger partial charge is 0.354 e.